The number of H-pyrrole nitrogens is 1. The van der Waals surface area contributed by atoms with Crippen molar-refractivity contribution < 1.29 is 0 Å². The van der Waals surface area contributed by atoms with E-state index in [2.05, 4.69) is 94.0 Å². The van der Waals surface area contributed by atoms with E-state index in [1.807, 2.05) is 13.0 Å². The number of hydrogen-bond acceptors (Lipinski definition) is 2. The lowest BCUT2D eigenvalue weighted by Gasteiger charge is -2.21. The quantitative estimate of drug-likeness (QED) is 0.576. The van der Waals surface area contributed by atoms with Crippen LogP contribution in [0.2, 0.25) is 0 Å². The molecule has 4 aromatic rings. The average molecular weight is 343 g/mol. The molecule has 0 fully saturated rings. The first kappa shape index (κ1) is 15.7. The molecule has 0 saturated carbocycles. The van der Waals surface area contributed by atoms with Crippen molar-refractivity contribution in [3.8, 4) is 11.4 Å². The molecule has 25 heavy (non-hydrogen) atoms. The number of rotatable bonds is 4. The Hall–Kier alpha value is -2.77. The van der Waals surface area contributed by atoms with Crippen LogP contribution < -0.4 is 15.9 Å². The van der Waals surface area contributed by atoms with Gasteiger partial charge in [-0.05, 0) is 30.8 Å². The van der Waals surface area contributed by atoms with Gasteiger partial charge in [0.25, 0.3) is 0 Å². The Morgan fingerprint density at radius 1 is 0.720 bits per heavy atom. The van der Waals surface area contributed by atoms with Gasteiger partial charge in [0.15, 0.2) is 5.82 Å². The van der Waals surface area contributed by atoms with Crippen molar-refractivity contribution in [2.45, 2.75) is 6.92 Å². The van der Waals surface area contributed by atoms with Crippen molar-refractivity contribution in [1.29, 1.82) is 0 Å². The van der Waals surface area contributed by atoms with Crippen molar-refractivity contribution in [2.24, 2.45) is 0 Å². The molecule has 0 amide bonds. The Bertz CT molecular complexity index is 925. The SMILES string of the molecule is Cc1nc(-c2ccccc2P(c2ccccc2)c2ccccc2)n[nH]1. The Morgan fingerprint density at radius 3 is 1.84 bits per heavy atom. The van der Waals surface area contributed by atoms with E-state index in [1.54, 1.807) is 0 Å². The zero-order chi connectivity index (χ0) is 17.1. The topological polar surface area (TPSA) is 41.6 Å². The third kappa shape index (κ3) is 3.24. The van der Waals surface area contributed by atoms with Crippen LogP contribution in [0.4, 0.5) is 0 Å². The van der Waals surface area contributed by atoms with Gasteiger partial charge < -0.3 is 0 Å². The van der Waals surface area contributed by atoms with Gasteiger partial charge >= 0.3 is 0 Å². The molecule has 1 aromatic heterocycles. The number of aromatic amines is 1. The van der Waals surface area contributed by atoms with Gasteiger partial charge in [0.2, 0.25) is 0 Å². The summed E-state index contributed by atoms with van der Waals surface area (Å²) in [6.07, 6.45) is 0. The van der Waals surface area contributed by atoms with Crippen LogP contribution in [-0.4, -0.2) is 15.2 Å². The van der Waals surface area contributed by atoms with Crippen LogP contribution in [-0.2, 0) is 0 Å². The van der Waals surface area contributed by atoms with Gasteiger partial charge in [-0.1, -0.05) is 84.9 Å². The summed E-state index contributed by atoms with van der Waals surface area (Å²) in [5.74, 6) is 1.58. The Labute approximate surface area is 148 Å². The minimum atomic E-state index is -0.675. The van der Waals surface area contributed by atoms with Crippen molar-refractivity contribution in [1.82, 2.24) is 15.2 Å². The molecule has 0 saturated heterocycles. The van der Waals surface area contributed by atoms with Crippen LogP contribution in [0.5, 0.6) is 0 Å². The van der Waals surface area contributed by atoms with E-state index in [4.69, 9.17) is 0 Å². The largest absolute Gasteiger partial charge is 0.263 e. The summed E-state index contributed by atoms with van der Waals surface area (Å²) >= 11 is 0. The van der Waals surface area contributed by atoms with Gasteiger partial charge in [-0.25, -0.2) is 4.98 Å². The normalized spacial score (nSPS) is 11.0. The summed E-state index contributed by atoms with van der Waals surface area (Å²) in [6.45, 7) is 1.93. The summed E-state index contributed by atoms with van der Waals surface area (Å²) in [7, 11) is -0.675. The zero-order valence-corrected chi connectivity index (χ0v) is 14.8. The van der Waals surface area contributed by atoms with Crippen LogP contribution >= 0.6 is 7.92 Å². The van der Waals surface area contributed by atoms with Crippen molar-refractivity contribution in [3.05, 3.63) is 90.8 Å². The highest BCUT2D eigenvalue weighted by Crippen LogP contribution is 2.36. The lowest BCUT2D eigenvalue weighted by molar-refractivity contribution is 1.04. The van der Waals surface area contributed by atoms with Gasteiger partial charge in [0, 0.05) is 5.56 Å². The van der Waals surface area contributed by atoms with E-state index in [9.17, 15) is 0 Å². The van der Waals surface area contributed by atoms with E-state index >= 15 is 0 Å². The molecule has 4 rings (SSSR count). The number of hydrogen-bond donors (Lipinski definition) is 1. The fourth-order valence-electron chi connectivity index (χ4n) is 2.90. The predicted octanol–water partition coefficient (Wildman–Crippen LogP) is 3.54. The van der Waals surface area contributed by atoms with Crippen LogP contribution in [0, 0.1) is 6.92 Å². The third-order valence-electron chi connectivity index (χ3n) is 4.01. The van der Waals surface area contributed by atoms with Crippen molar-refractivity contribution in [3.63, 3.8) is 0 Å². The molecular formula is C21H18N3P. The minimum Gasteiger partial charge on any atom is -0.263 e. The second kappa shape index (κ2) is 7.00. The first-order valence-corrected chi connectivity index (χ1v) is 9.56. The summed E-state index contributed by atoms with van der Waals surface area (Å²) in [4.78, 5) is 4.56. The molecule has 1 N–H and O–H groups in total. The first-order chi connectivity index (χ1) is 12.3. The van der Waals surface area contributed by atoms with Crippen LogP contribution in [0.1, 0.15) is 5.82 Å². The molecule has 0 spiro atoms. The molecule has 4 heteroatoms. The van der Waals surface area contributed by atoms with E-state index in [-0.39, 0.29) is 0 Å². The number of aromatic nitrogens is 3. The number of nitrogens with zero attached hydrogens (tertiary/aromatic N) is 2. The van der Waals surface area contributed by atoms with Gasteiger partial charge in [-0.15, -0.1) is 0 Å². The molecule has 0 bridgehead atoms. The Morgan fingerprint density at radius 2 is 1.28 bits per heavy atom. The van der Waals surface area contributed by atoms with Gasteiger partial charge in [0.05, 0.1) is 0 Å². The molecule has 3 aromatic carbocycles. The average Bonchev–Trinajstić information content (AvgIpc) is 3.10. The molecule has 0 aliphatic rings. The van der Waals surface area contributed by atoms with E-state index in [1.165, 1.54) is 15.9 Å². The standard InChI is InChI=1S/C21H18N3P/c1-16-22-21(24-23-16)19-14-8-9-15-20(19)25(17-10-4-2-5-11-17)18-12-6-3-7-13-18/h2-15H,1H3,(H,22,23,24). The zero-order valence-electron chi connectivity index (χ0n) is 13.9. The number of aryl methyl sites for hydroxylation is 1. The summed E-state index contributed by atoms with van der Waals surface area (Å²) in [5.41, 5.74) is 1.09. The molecule has 0 atom stereocenters. The van der Waals surface area contributed by atoms with Crippen LogP contribution in [0.25, 0.3) is 11.4 Å². The molecule has 3 nitrogen and oxygen atoms in total. The molecule has 0 aliphatic heterocycles. The minimum absolute atomic E-state index is 0.675. The molecular weight excluding hydrogens is 325 g/mol. The van der Waals surface area contributed by atoms with Crippen LogP contribution in [0.3, 0.4) is 0 Å². The summed E-state index contributed by atoms with van der Waals surface area (Å²) in [6, 6.07) is 29.8. The van der Waals surface area contributed by atoms with E-state index in [0.29, 0.717) is 0 Å². The fraction of sp³-hybridized carbons (Fsp3) is 0.0476. The lowest BCUT2D eigenvalue weighted by atomic mass is 10.2. The molecule has 0 aliphatic carbocycles. The van der Waals surface area contributed by atoms with Gasteiger partial charge in [-0.2, -0.15) is 5.10 Å². The highest BCUT2D eigenvalue weighted by molar-refractivity contribution is 7.80. The smallest absolute Gasteiger partial charge is 0.181 e. The second-order valence-electron chi connectivity index (χ2n) is 5.77. The predicted molar refractivity (Wildman–Crippen MR) is 105 cm³/mol. The maximum Gasteiger partial charge on any atom is 0.181 e. The van der Waals surface area contributed by atoms with Crippen LogP contribution in [0.15, 0.2) is 84.9 Å². The van der Waals surface area contributed by atoms with Crippen molar-refractivity contribution in [2.75, 3.05) is 0 Å². The summed E-state index contributed by atoms with van der Waals surface area (Å²) < 4.78 is 0. The Kier molecular flexibility index (Phi) is 4.41. The highest BCUT2D eigenvalue weighted by atomic mass is 31.1. The number of benzene rings is 3. The molecule has 0 radical (unpaired) electrons. The first-order valence-electron chi connectivity index (χ1n) is 8.21. The lowest BCUT2D eigenvalue weighted by Crippen LogP contribution is -2.22. The maximum absolute atomic E-state index is 4.56. The monoisotopic (exact) mass is 343 g/mol. The molecule has 1 heterocycles. The van der Waals surface area contributed by atoms with E-state index < -0.39 is 7.92 Å². The van der Waals surface area contributed by atoms with Gasteiger partial charge in [0.1, 0.15) is 5.82 Å². The number of nitrogens with one attached hydrogen (secondary N) is 1. The molecule has 122 valence electrons. The van der Waals surface area contributed by atoms with E-state index in [0.717, 1.165) is 17.2 Å². The van der Waals surface area contributed by atoms with Gasteiger partial charge in [-0.3, -0.25) is 5.10 Å². The second-order valence-corrected chi connectivity index (χ2v) is 7.95. The Balaban J connectivity index is 1.92. The third-order valence-corrected chi connectivity index (χ3v) is 6.51. The highest BCUT2D eigenvalue weighted by Gasteiger charge is 2.21. The molecule has 0 unspecified atom stereocenters. The maximum atomic E-state index is 4.56. The fourth-order valence-corrected chi connectivity index (χ4v) is 5.35. The summed E-state index contributed by atoms with van der Waals surface area (Å²) in [5, 5.41) is 11.3. The van der Waals surface area contributed by atoms with Crippen molar-refractivity contribution >= 4 is 23.8 Å².